The zero-order valence-corrected chi connectivity index (χ0v) is 15.9. The summed E-state index contributed by atoms with van der Waals surface area (Å²) in [7, 11) is 0. The van der Waals surface area contributed by atoms with Crippen molar-refractivity contribution in [3.8, 4) is 0 Å². The van der Waals surface area contributed by atoms with Crippen molar-refractivity contribution in [1.29, 1.82) is 0 Å². The number of carbonyl (C=O) groups is 1. The maximum atomic E-state index is 10.5. The molecule has 2 heterocycles. The van der Waals surface area contributed by atoms with E-state index in [9.17, 15) is 9.90 Å². The van der Waals surface area contributed by atoms with Crippen molar-refractivity contribution in [1.82, 2.24) is 0 Å². The molecule has 5 unspecified atom stereocenters. The first-order valence-corrected chi connectivity index (χ1v) is 10.1. The summed E-state index contributed by atoms with van der Waals surface area (Å²) in [6, 6.07) is 0. The van der Waals surface area contributed by atoms with E-state index in [1.54, 1.807) is 0 Å². The Kier molecular flexibility index (Phi) is 9.37. The molecule has 0 aromatic heterocycles. The lowest BCUT2D eigenvalue weighted by atomic mass is 9.81. The van der Waals surface area contributed by atoms with Gasteiger partial charge in [0.2, 0.25) is 0 Å². The average Bonchev–Trinajstić information content (AvgIpc) is 3.00. The number of aliphatic hydroxyl groups is 1. The first kappa shape index (κ1) is 21.1. The summed E-state index contributed by atoms with van der Waals surface area (Å²) >= 11 is 0. The summed E-state index contributed by atoms with van der Waals surface area (Å²) in [4.78, 5) is 10.5. The normalized spacial score (nSPS) is 29.6. The topological polar surface area (TPSA) is 76.0 Å². The van der Waals surface area contributed by atoms with Gasteiger partial charge in [0.1, 0.15) is 0 Å². The van der Waals surface area contributed by atoms with Crippen molar-refractivity contribution in [3.05, 3.63) is 24.3 Å². The van der Waals surface area contributed by atoms with Gasteiger partial charge < -0.3 is 19.7 Å². The number of ether oxygens (including phenoxy) is 2. The summed E-state index contributed by atoms with van der Waals surface area (Å²) < 4.78 is 11.7. The number of fused-ring (bicyclic) bond motifs is 2. The molecule has 2 fully saturated rings. The standard InChI is InChI=1S/C21H34O5/c1-2-3-6-9-17(22)12-13-19-18(16-14-21(26-19)25-15-16)10-7-4-5-8-11-20(23)24/h4,7,12-13,16-19,21-22H,2-3,5-6,8-11,14-15H2,1H3,(H,23,24)/b7-4+,13-12+. The quantitative estimate of drug-likeness (QED) is 0.402. The lowest BCUT2D eigenvalue weighted by Gasteiger charge is -2.33. The Labute approximate surface area is 157 Å². The Morgan fingerprint density at radius 3 is 2.88 bits per heavy atom. The van der Waals surface area contributed by atoms with Crippen LogP contribution >= 0.6 is 0 Å². The number of allylic oxidation sites excluding steroid dienone is 2. The van der Waals surface area contributed by atoms with E-state index in [1.165, 1.54) is 0 Å². The number of aliphatic hydroxyl groups excluding tert-OH is 1. The fourth-order valence-electron chi connectivity index (χ4n) is 3.75. The van der Waals surface area contributed by atoms with Crippen LogP contribution in [0.3, 0.4) is 0 Å². The molecule has 0 aliphatic carbocycles. The van der Waals surface area contributed by atoms with Crippen molar-refractivity contribution in [2.45, 2.75) is 83.2 Å². The maximum Gasteiger partial charge on any atom is 0.303 e. The monoisotopic (exact) mass is 366 g/mol. The van der Waals surface area contributed by atoms with E-state index < -0.39 is 12.1 Å². The molecule has 2 rings (SSSR count). The van der Waals surface area contributed by atoms with Gasteiger partial charge in [0, 0.05) is 12.8 Å². The number of carboxylic acids is 1. The van der Waals surface area contributed by atoms with Crippen molar-refractivity contribution in [3.63, 3.8) is 0 Å². The first-order chi connectivity index (χ1) is 12.6. The number of carboxylic acid groups (broad SMARTS) is 1. The lowest BCUT2D eigenvalue weighted by molar-refractivity contribution is -0.147. The van der Waals surface area contributed by atoms with Gasteiger partial charge >= 0.3 is 5.97 Å². The molecule has 2 aliphatic heterocycles. The number of aliphatic carboxylic acids is 1. The summed E-state index contributed by atoms with van der Waals surface area (Å²) in [5, 5.41) is 18.8. The van der Waals surface area contributed by atoms with E-state index in [4.69, 9.17) is 14.6 Å². The molecule has 2 bridgehead atoms. The molecular formula is C21H34O5. The van der Waals surface area contributed by atoms with Crippen molar-refractivity contribution >= 4 is 5.97 Å². The van der Waals surface area contributed by atoms with Crippen LogP contribution in [0.4, 0.5) is 0 Å². The third kappa shape index (κ3) is 7.22. The van der Waals surface area contributed by atoms with Crippen molar-refractivity contribution in [2.75, 3.05) is 6.61 Å². The number of rotatable bonds is 12. The van der Waals surface area contributed by atoms with Crippen LogP contribution in [0.1, 0.15) is 64.7 Å². The molecule has 5 nitrogen and oxygen atoms in total. The van der Waals surface area contributed by atoms with Gasteiger partial charge in [0.05, 0.1) is 18.8 Å². The van der Waals surface area contributed by atoms with Gasteiger partial charge in [0.25, 0.3) is 0 Å². The van der Waals surface area contributed by atoms with Gasteiger partial charge in [-0.25, -0.2) is 0 Å². The van der Waals surface area contributed by atoms with Crippen LogP contribution in [0.5, 0.6) is 0 Å². The summed E-state index contributed by atoms with van der Waals surface area (Å²) in [6.45, 7) is 2.90. The maximum absolute atomic E-state index is 10.5. The molecule has 0 saturated carbocycles. The van der Waals surface area contributed by atoms with Gasteiger partial charge in [-0.15, -0.1) is 0 Å². The molecule has 0 radical (unpaired) electrons. The fourth-order valence-corrected chi connectivity index (χ4v) is 3.75. The Morgan fingerprint density at radius 2 is 2.12 bits per heavy atom. The predicted octanol–water partition coefficient (Wildman–Crippen LogP) is 4.06. The second-order valence-electron chi connectivity index (χ2n) is 7.46. The van der Waals surface area contributed by atoms with Gasteiger partial charge in [-0.2, -0.15) is 0 Å². The molecular weight excluding hydrogens is 332 g/mol. The molecule has 5 heteroatoms. The van der Waals surface area contributed by atoms with Crippen LogP contribution in [-0.4, -0.2) is 41.3 Å². The minimum Gasteiger partial charge on any atom is -0.481 e. The zero-order chi connectivity index (χ0) is 18.8. The summed E-state index contributed by atoms with van der Waals surface area (Å²) in [6.07, 6.45) is 15.3. The second kappa shape index (κ2) is 11.5. The second-order valence-corrected chi connectivity index (χ2v) is 7.46. The third-order valence-electron chi connectivity index (χ3n) is 5.29. The van der Waals surface area contributed by atoms with E-state index in [2.05, 4.69) is 19.1 Å². The largest absolute Gasteiger partial charge is 0.481 e. The highest BCUT2D eigenvalue weighted by molar-refractivity contribution is 5.66. The molecule has 26 heavy (non-hydrogen) atoms. The molecule has 0 aromatic rings. The van der Waals surface area contributed by atoms with E-state index in [0.717, 1.165) is 51.6 Å². The van der Waals surface area contributed by atoms with Gasteiger partial charge in [-0.1, -0.05) is 50.5 Å². The van der Waals surface area contributed by atoms with Crippen molar-refractivity contribution < 1.29 is 24.5 Å². The van der Waals surface area contributed by atoms with Crippen LogP contribution < -0.4 is 0 Å². The summed E-state index contributed by atoms with van der Waals surface area (Å²) in [5.41, 5.74) is 0. The molecule has 0 amide bonds. The highest BCUT2D eigenvalue weighted by atomic mass is 16.7. The van der Waals surface area contributed by atoms with Crippen LogP contribution in [0.2, 0.25) is 0 Å². The van der Waals surface area contributed by atoms with E-state index >= 15 is 0 Å². The fraction of sp³-hybridized carbons (Fsp3) is 0.762. The van der Waals surface area contributed by atoms with E-state index in [0.29, 0.717) is 18.3 Å². The number of hydrogen-bond acceptors (Lipinski definition) is 4. The summed E-state index contributed by atoms with van der Waals surface area (Å²) in [5.74, 6) is 0.101. The Morgan fingerprint density at radius 1 is 1.27 bits per heavy atom. The van der Waals surface area contributed by atoms with Gasteiger partial charge in [0.15, 0.2) is 6.29 Å². The predicted molar refractivity (Wildman–Crippen MR) is 101 cm³/mol. The first-order valence-electron chi connectivity index (χ1n) is 10.1. The Hall–Kier alpha value is -1.17. The minimum atomic E-state index is -0.740. The molecule has 2 aliphatic rings. The van der Waals surface area contributed by atoms with Crippen LogP contribution in [0.25, 0.3) is 0 Å². The molecule has 0 spiro atoms. The molecule has 148 valence electrons. The smallest absolute Gasteiger partial charge is 0.303 e. The minimum absolute atomic E-state index is 0.0225. The molecule has 0 aromatic carbocycles. The number of hydrogen-bond donors (Lipinski definition) is 2. The highest BCUT2D eigenvalue weighted by Crippen LogP contribution is 2.39. The lowest BCUT2D eigenvalue weighted by Crippen LogP contribution is -2.35. The van der Waals surface area contributed by atoms with Crippen molar-refractivity contribution in [2.24, 2.45) is 11.8 Å². The van der Waals surface area contributed by atoms with Crippen LogP contribution in [0, 0.1) is 11.8 Å². The molecule has 5 atom stereocenters. The van der Waals surface area contributed by atoms with E-state index in [-0.39, 0.29) is 18.8 Å². The van der Waals surface area contributed by atoms with Crippen LogP contribution in [-0.2, 0) is 14.3 Å². The number of unbranched alkanes of at least 4 members (excludes halogenated alkanes) is 3. The molecule has 2 saturated heterocycles. The zero-order valence-electron chi connectivity index (χ0n) is 15.9. The van der Waals surface area contributed by atoms with Gasteiger partial charge in [-0.3, -0.25) is 4.79 Å². The molecule has 2 N–H and O–H groups in total. The SMILES string of the molecule is CCCCCC(O)/C=C/C1OC2CC(CO2)C1C/C=C/CCCC(=O)O. The highest BCUT2D eigenvalue weighted by Gasteiger charge is 2.42. The Balaban J connectivity index is 1.82. The van der Waals surface area contributed by atoms with E-state index in [1.807, 2.05) is 12.2 Å². The Bertz CT molecular complexity index is 473. The third-order valence-corrected chi connectivity index (χ3v) is 5.29. The van der Waals surface area contributed by atoms with Gasteiger partial charge in [-0.05, 0) is 37.5 Å². The van der Waals surface area contributed by atoms with Crippen LogP contribution in [0.15, 0.2) is 24.3 Å². The average molecular weight is 366 g/mol.